The number of rotatable bonds is 5. The SMILES string of the molecule is COCCNC(=O)NCC1Cc2ccccc2O1. The molecule has 0 bridgehead atoms. The molecule has 1 unspecified atom stereocenters. The zero-order chi connectivity index (χ0) is 12.8. The van der Waals surface area contributed by atoms with E-state index in [0.717, 1.165) is 12.2 Å². The average molecular weight is 250 g/mol. The molecule has 0 spiro atoms. The maximum atomic E-state index is 11.4. The van der Waals surface area contributed by atoms with Gasteiger partial charge in [0.15, 0.2) is 0 Å². The molecule has 98 valence electrons. The molecule has 1 aliphatic rings. The van der Waals surface area contributed by atoms with Crippen LogP contribution in [0.3, 0.4) is 0 Å². The fraction of sp³-hybridized carbons (Fsp3) is 0.462. The molecule has 0 fully saturated rings. The van der Waals surface area contributed by atoms with Crippen LogP contribution in [-0.4, -0.2) is 38.9 Å². The second-order valence-electron chi connectivity index (χ2n) is 4.18. The molecule has 0 saturated heterocycles. The highest BCUT2D eigenvalue weighted by molar-refractivity contribution is 5.73. The van der Waals surface area contributed by atoms with E-state index < -0.39 is 0 Å². The third-order valence-corrected chi connectivity index (χ3v) is 2.80. The van der Waals surface area contributed by atoms with Gasteiger partial charge in [-0.2, -0.15) is 0 Å². The standard InChI is InChI=1S/C13H18N2O3/c1-17-7-6-14-13(16)15-9-11-8-10-4-2-3-5-12(10)18-11/h2-5,11H,6-9H2,1H3,(H2,14,15,16). The fourth-order valence-corrected chi connectivity index (χ4v) is 1.90. The van der Waals surface area contributed by atoms with Crippen molar-refractivity contribution in [3.63, 3.8) is 0 Å². The first kappa shape index (κ1) is 12.7. The molecule has 1 aromatic carbocycles. The molecule has 5 heteroatoms. The number of amides is 2. The first-order valence-electron chi connectivity index (χ1n) is 6.05. The Bertz CT molecular complexity index is 384. The van der Waals surface area contributed by atoms with Crippen LogP contribution in [0.5, 0.6) is 5.75 Å². The summed E-state index contributed by atoms with van der Waals surface area (Å²) in [5, 5.41) is 5.49. The summed E-state index contributed by atoms with van der Waals surface area (Å²) in [5.41, 5.74) is 1.20. The fourth-order valence-electron chi connectivity index (χ4n) is 1.90. The summed E-state index contributed by atoms with van der Waals surface area (Å²) in [6.07, 6.45) is 0.865. The van der Waals surface area contributed by atoms with Gasteiger partial charge in [-0.1, -0.05) is 18.2 Å². The quantitative estimate of drug-likeness (QED) is 0.764. The summed E-state index contributed by atoms with van der Waals surface area (Å²) in [6.45, 7) is 1.53. The maximum absolute atomic E-state index is 11.4. The summed E-state index contributed by atoms with van der Waals surface area (Å²) < 4.78 is 10.6. The van der Waals surface area contributed by atoms with Gasteiger partial charge in [-0.05, 0) is 11.6 Å². The topological polar surface area (TPSA) is 59.6 Å². The average Bonchev–Trinajstić information content (AvgIpc) is 2.79. The Morgan fingerprint density at radius 2 is 2.28 bits per heavy atom. The number of hydrogen-bond donors (Lipinski definition) is 2. The maximum Gasteiger partial charge on any atom is 0.315 e. The summed E-state index contributed by atoms with van der Waals surface area (Å²) in [6, 6.07) is 7.76. The number of para-hydroxylation sites is 1. The molecule has 18 heavy (non-hydrogen) atoms. The van der Waals surface area contributed by atoms with Gasteiger partial charge in [0.1, 0.15) is 11.9 Å². The van der Waals surface area contributed by atoms with Crippen LogP contribution in [0.25, 0.3) is 0 Å². The number of urea groups is 1. The van der Waals surface area contributed by atoms with Crippen LogP contribution in [0.4, 0.5) is 4.79 Å². The van der Waals surface area contributed by atoms with Crippen molar-refractivity contribution in [3.05, 3.63) is 29.8 Å². The molecule has 1 heterocycles. The molecule has 0 aliphatic carbocycles. The van der Waals surface area contributed by atoms with E-state index in [4.69, 9.17) is 9.47 Å². The van der Waals surface area contributed by atoms with Crippen molar-refractivity contribution in [2.45, 2.75) is 12.5 Å². The zero-order valence-corrected chi connectivity index (χ0v) is 10.4. The second kappa shape index (κ2) is 6.26. The van der Waals surface area contributed by atoms with Crippen LogP contribution < -0.4 is 15.4 Å². The number of carbonyl (C=O) groups is 1. The third kappa shape index (κ3) is 3.37. The minimum Gasteiger partial charge on any atom is -0.488 e. The zero-order valence-electron chi connectivity index (χ0n) is 10.4. The number of nitrogens with one attached hydrogen (secondary N) is 2. The van der Waals surface area contributed by atoms with E-state index in [1.54, 1.807) is 7.11 Å². The summed E-state index contributed by atoms with van der Waals surface area (Å²) in [7, 11) is 1.60. The molecule has 2 N–H and O–H groups in total. The van der Waals surface area contributed by atoms with Crippen LogP contribution >= 0.6 is 0 Å². The van der Waals surface area contributed by atoms with E-state index >= 15 is 0 Å². The lowest BCUT2D eigenvalue weighted by Gasteiger charge is -2.12. The number of carbonyl (C=O) groups excluding carboxylic acids is 1. The van der Waals surface area contributed by atoms with Crippen LogP contribution in [0.2, 0.25) is 0 Å². The van der Waals surface area contributed by atoms with Gasteiger partial charge >= 0.3 is 6.03 Å². The Labute approximate surface area is 106 Å². The number of fused-ring (bicyclic) bond motifs is 1. The van der Waals surface area contributed by atoms with Gasteiger partial charge in [-0.15, -0.1) is 0 Å². The Morgan fingerprint density at radius 3 is 3.06 bits per heavy atom. The summed E-state index contributed by atoms with van der Waals surface area (Å²) >= 11 is 0. The van der Waals surface area contributed by atoms with Crippen molar-refractivity contribution >= 4 is 6.03 Å². The molecule has 1 aromatic rings. The molecule has 0 radical (unpaired) electrons. The first-order chi connectivity index (χ1) is 8.79. The smallest absolute Gasteiger partial charge is 0.315 e. The Hall–Kier alpha value is -1.75. The number of benzene rings is 1. The Morgan fingerprint density at radius 1 is 1.44 bits per heavy atom. The largest absolute Gasteiger partial charge is 0.488 e. The van der Waals surface area contributed by atoms with Gasteiger partial charge in [0.25, 0.3) is 0 Å². The molecule has 2 amide bonds. The normalized spacial score (nSPS) is 16.8. The highest BCUT2D eigenvalue weighted by atomic mass is 16.5. The van der Waals surface area contributed by atoms with E-state index in [9.17, 15) is 4.79 Å². The van der Waals surface area contributed by atoms with Crippen LogP contribution in [0, 0.1) is 0 Å². The second-order valence-corrected chi connectivity index (χ2v) is 4.18. The molecule has 1 aliphatic heterocycles. The van der Waals surface area contributed by atoms with Crippen molar-refractivity contribution in [3.8, 4) is 5.75 Å². The number of hydrogen-bond acceptors (Lipinski definition) is 3. The van der Waals surface area contributed by atoms with Gasteiger partial charge < -0.3 is 20.1 Å². The first-order valence-corrected chi connectivity index (χ1v) is 6.05. The monoisotopic (exact) mass is 250 g/mol. The molecule has 5 nitrogen and oxygen atoms in total. The van der Waals surface area contributed by atoms with E-state index in [0.29, 0.717) is 19.7 Å². The molecule has 1 atom stereocenters. The highest BCUT2D eigenvalue weighted by Gasteiger charge is 2.22. The van der Waals surface area contributed by atoms with Crippen LogP contribution in [-0.2, 0) is 11.2 Å². The van der Waals surface area contributed by atoms with E-state index in [2.05, 4.69) is 10.6 Å². The van der Waals surface area contributed by atoms with E-state index in [1.807, 2.05) is 24.3 Å². The van der Waals surface area contributed by atoms with Gasteiger partial charge in [-0.25, -0.2) is 4.79 Å². The van der Waals surface area contributed by atoms with Gasteiger partial charge in [-0.3, -0.25) is 0 Å². The van der Waals surface area contributed by atoms with Gasteiger partial charge in [0.2, 0.25) is 0 Å². The minimum absolute atomic E-state index is 0.0237. The molecule has 0 aromatic heterocycles. The Balaban J connectivity index is 1.69. The predicted octanol–water partition coefficient (Wildman–Crippen LogP) is 0.936. The molecular weight excluding hydrogens is 232 g/mol. The Kier molecular flexibility index (Phi) is 4.41. The summed E-state index contributed by atoms with van der Waals surface area (Å²) in [5.74, 6) is 0.920. The lowest BCUT2D eigenvalue weighted by Crippen LogP contribution is -2.41. The van der Waals surface area contributed by atoms with E-state index in [1.165, 1.54) is 5.56 Å². The van der Waals surface area contributed by atoms with Crippen LogP contribution in [0.1, 0.15) is 5.56 Å². The van der Waals surface area contributed by atoms with Gasteiger partial charge in [0, 0.05) is 20.1 Å². The molecular formula is C13H18N2O3. The van der Waals surface area contributed by atoms with Gasteiger partial charge in [0.05, 0.1) is 13.2 Å². The third-order valence-electron chi connectivity index (χ3n) is 2.80. The van der Waals surface area contributed by atoms with Crippen molar-refractivity contribution in [1.82, 2.24) is 10.6 Å². The lowest BCUT2D eigenvalue weighted by molar-refractivity contribution is 0.192. The molecule has 0 saturated carbocycles. The predicted molar refractivity (Wildman–Crippen MR) is 67.8 cm³/mol. The minimum atomic E-state index is -0.188. The van der Waals surface area contributed by atoms with Crippen molar-refractivity contribution in [1.29, 1.82) is 0 Å². The number of ether oxygens (including phenoxy) is 2. The van der Waals surface area contributed by atoms with Crippen molar-refractivity contribution in [2.24, 2.45) is 0 Å². The van der Waals surface area contributed by atoms with Crippen molar-refractivity contribution in [2.75, 3.05) is 26.8 Å². The number of methoxy groups -OCH3 is 1. The lowest BCUT2D eigenvalue weighted by atomic mass is 10.1. The van der Waals surface area contributed by atoms with E-state index in [-0.39, 0.29) is 12.1 Å². The highest BCUT2D eigenvalue weighted by Crippen LogP contribution is 2.27. The van der Waals surface area contributed by atoms with Crippen LogP contribution in [0.15, 0.2) is 24.3 Å². The van der Waals surface area contributed by atoms with Crippen molar-refractivity contribution < 1.29 is 14.3 Å². The molecule has 2 rings (SSSR count). The summed E-state index contributed by atoms with van der Waals surface area (Å²) in [4.78, 5) is 11.4.